The van der Waals surface area contributed by atoms with Crippen LogP contribution in [-0.4, -0.2) is 32.0 Å². The lowest BCUT2D eigenvalue weighted by molar-refractivity contribution is -0.129. The quantitative estimate of drug-likeness (QED) is 0.820. The second kappa shape index (κ2) is 5.42. The Balaban J connectivity index is 2.04. The van der Waals surface area contributed by atoms with Crippen LogP contribution in [0.5, 0.6) is 5.75 Å². The molecular formula is C15H21NO2. The summed E-state index contributed by atoms with van der Waals surface area (Å²) in [6.45, 7) is 0. The van der Waals surface area contributed by atoms with E-state index in [2.05, 4.69) is 12.1 Å². The van der Waals surface area contributed by atoms with Crippen molar-refractivity contribution in [2.24, 2.45) is 5.92 Å². The number of amides is 1. The monoisotopic (exact) mass is 247 g/mol. The maximum absolute atomic E-state index is 11.7. The van der Waals surface area contributed by atoms with E-state index in [-0.39, 0.29) is 5.91 Å². The molecule has 2 rings (SSSR count). The zero-order chi connectivity index (χ0) is 13.1. The number of ether oxygens (including phenoxy) is 1. The molecule has 3 heteroatoms. The first-order chi connectivity index (χ1) is 8.60. The number of aryl methyl sites for hydroxylation is 1. The number of fused-ring (bicyclic) bond motifs is 1. The van der Waals surface area contributed by atoms with Crippen molar-refractivity contribution >= 4 is 5.91 Å². The Morgan fingerprint density at radius 2 is 2.17 bits per heavy atom. The third-order valence-electron chi connectivity index (χ3n) is 3.71. The fourth-order valence-corrected chi connectivity index (χ4v) is 2.54. The Hall–Kier alpha value is -1.51. The summed E-state index contributed by atoms with van der Waals surface area (Å²) in [5.74, 6) is 1.65. The third kappa shape index (κ3) is 2.84. The third-order valence-corrected chi connectivity index (χ3v) is 3.71. The van der Waals surface area contributed by atoms with Gasteiger partial charge in [0.05, 0.1) is 7.11 Å². The molecule has 0 heterocycles. The Bertz CT molecular complexity index is 440. The van der Waals surface area contributed by atoms with Crippen LogP contribution in [0.4, 0.5) is 0 Å². The smallest absolute Gasteiger partial charge is 0.222 e. The molecule has 0 saturated carbocycles. The molecule has 1 unspecified atom stereocenters. The molecule has 1 amide bonds. The molecule has 1 atom stereocenters. The molecule has 0 aliphatic heterocycles. The van der Waals surface area contributed by atoms with Gasteiger partial charge in [-0.15, -0.1) is 0 Å². The van der Waals surface area contributed by atoms with Crippen LogP contribution in [-0.2, 0) is 17.6 Å². The highest BCUT2D eigenvalue weighted by Crippen LogP contribution is 2.30. The van der Waals surface area contributed by atoms with Crippen LogP contribution in [0.2, 0.25) is 0 Å². The summed E-state index contributed by atoms with van der Waals surface area (Å²) in [5, 5.41) is 0. The summed E-state index contributed by atoms with van der Waals surface area (Å²) < 4.78 is 5.24. The van der Waals surface area contributed by atoms with Crippen molar-refractivity contribution in [1.82, 2.24) is 4.90 Å². The number of hydrogen-bond acceptors (Lipinski definition) is 2. The fourth-order valence-electron chi connectivity index (χ4n) is 2.54. The van der Waals surface area contributed by atoms with Crippen molar-refractivity contribution in [1.29, 1.82) is 0 Å². The normalized spacial score (nSPS) is 18.1. The van der Waals surface area contributed by atoms with Crippen molar-refractivity contribution < 1.29 is 9.53 Å². The summed E-state index contributed by atoms with van der Waals surface area (Å²) in [6, 6.07) is 6.27. The molecule has 1 aromatic rings. The van der Waals surface area contributed by atoms with E-state index in [4.69, 9.17) is 4.74 Å². The summed E-state index contributed by atoms with van der Waals surface area (Å²) in [4.78, 5) is 13.4. The maximum Gasteiger partial charge on any atom is 0.222 e. The topological polar surface area (TPSA) is 29.5 Å². The highest BCUT2D eigenvalue weighted by Gasteiger charge is 2.21. The molecule has 1 aliphatic rings. The molecule has 0 saturated heterocycles. The molecule has 0 radical (unpaired) electrons. The molecule has 0 bridgehead atoms. The molecule has 0 fully saturated rings. The minimum Gasteiger partial charge on any atom is -0.497 e. The van der Waals surface area contributed by atoms with Gasteiger partial charge in [-0.05, 0) is 48.4 Å². The number of nitrogens with zero attached hydrogens (tertiary/aromatic N) is 1. The van der Waals surface area contributed by atoms with Crippen LogP contribution >= 0.6 is 0 Å². The number of benzene rings is 1. The van der Waals surface area contributed by atoms with E-state index in [0.29, 0.717) is 12.3 Å². The summed E-state index contributed by atoms with van der Waals surface area (Å²) >= 11 is 0. The van der Waals surface area contributed by atoms with Gasteiger partial charge in [0.25, 0.3) is 0 Å². The van der Waals surface area contributed by atoms with Gasteiger partial charge in [-0.1, -0.05) is 6.07 Å². The number of methoxy groups -OCH3 is 1. The first-order valence-electron chi connectivity index (χ1n) is 6.46. The lowest BCUT2D eigenvalue weighted by Gasteiger charge is -2.25. The van der Waals surface area contributed by atoms with Gasteiger partial charge >= 0.3 is 0 Å². The predicted octanol–water partition coefficient (Wildman–Crippen LogP) is 2.28. The molecule has 98 valence electrons. The van der Waals surface area contributed by atoms with E-state index in [1.54, 1.807) is 12.0 Å². The highest BCUT2D eigenvalue weighted by atomic mass is 16.5. The number of rotatable bonds is 3. The van der Waals surface area contributed by atoms with Gasteiger partial charge in [-0.25, -0.2) is 0 Å². The number of hydrogen-bond donors (Lipinski definition) is 0. The Morgan fingerprint density at radius 1 is 1.39 bits per heavy atom. The van der Waals surface area contributed by atoms with Crippen LogP contribution in [0.1, 0.15) is 24.0 Å². The lowest BCUT2D eigenvalue weighted by atomic mass is 9.82. The summed E-state index contributed by atoms with van der Waals surface area (Å²) in [5.41, 5.74) is 2.75. The fraction of sp³-hybridized carbons (Fsp3) is 0.533. The van der Waals surface area contributed by atoms with E-state index in [0.717, 1.165) is 25.0 Å². The van der Waals surface area contributed by atoms with Crippen molar-refractivity contribution in [2.45, 2.75) is 25.7 Å². The molecule has 1 aliphatic carbocycles. The van der Waals surface area contributed by atoms with E-state index in [9.17, 15) is 4.79 Å². The molecule has 1 aromatic carbocycles. The average molecular weight is 247 g/mol. The Kier molecular flexibility index (Phi) is 3.90. The van der Waals surface area contributed by atoms with Gasteiger partial charge in [-0.2, -0.15) is 0 Å². The largest absolute Gasteiger partial charge is 0.497 e. The van der Waals surface area contributed by atoms with Crippen LogP contribution in [0, 0.1) is 5.92 Å². The van der Waals surface area contributed by atoms with E-state index >= 15 is 0 Å². The van der Waals surface area contributed by atoms with Crippen LogP contribution in [0.3, 0.4) is 0 Å². The van der Waals surface area contributed by atoms with E-state index in [1.165, 1.54) is 11.1 Å². The first kappa shape index (κ1) is 12.9. The molecule has 0 N–H and O–H groups in total. The van der Waals surface area contributed by atoms with Crippen molar-refractivity contribution in [2.75, 3.05) is 21.2 Å². The molecule has 18 heavy (non-hydrogen) atoms. The lowest BCUT2D eigenvalue weighted by Crippen LogP contribution is -2.26. The zero-order valence-electron chi connectivity index (χ0n) is 11.4. The van der Waals surface area contributed by atoms with Crippen molar-refractivity contribution in [3.63, 3.8) is 0 Å². The minimum absolute atomic E-state index is 0.233. The van der Waals surface area contributed by atoms with Gasteiger partial charge in [0, 0.05) is 20.5 Å². The molecular weight excluding hydrogens is 226 g/mol. The Labute approximate surface area is 109 Å². The van der Waals surface area contributed by atoms with Crippen LogP contribution < -0.4 is 4.74 Å². The van der Waals surface area contributed by atoms with Gasteiger partial charge in [-0.3, -0.25) is 4.79 Å². The van der Waals surface area contributed by atoms with Gasteiger partial charge in [0.15, 0.2) is 0 Å². The standard InChI is InChI=1S/C15H21NO2/c1-16(2)15(17)9-11-4-5-13-10-14(18-3)7-6-12(13)8-11/h6-7,10-11H,4-5,8-9H2,1-3H3. The van der Waals surface area contributed by atoms with Gasteiger partial charge in [0.2, 0.25) is 5.91 Å². The van der Waals surface area contributed by atoms with Crippen molar-refractivity contribution in [3.05, 3.63) is 29.3 Å². The minimum atomic E-state index is 0.233. The zero-order valence-corrected chi connectivity index (χ0v) is 11.4. The summed E-state index contributed by atoms with van der Waals surface area (Å²) in [7, 11) is 5.34. The second-order valence-electron chi connectivity index (χ2n) is 5.24. The number of carbonyl (C=O) groups excluding carboxylic acids is 1. The van der Waals surface area contributed by atoms with Crippen LogP contribution in [0.25, 0.3) is 0 Å². The highest BCUT2D eigenvalue weighted by molar-refractivity contribution is 5.75. The molecule has 3 nitrogen and oxygen atoms in total. The van der Waals surface area contributed by atoms with E-state index < -0.39 is 0 Å². The maximum atomic E-state index is 11.7. The first-order valence-corrected chi connectivity index (χ1v) is 6.46. The summed E-state index contributed by atoms with van der Waals surface area (Å²) in [6.07, 6.45) is 3.83. The van der Waals surface area contributed by atoms with E-state index in [1.807, 2.05) is 20.2 Å². The second-order valence-corrected chi connectivity index (χ2v) is 5.24. The van der Waals surface area contributed by atoms with Crippen molar-refractivity contribution in [3.8, 4) is 5.75 Å². The molecule has 0 spiro atoms. The predicted molar refractivity (Wildman–Crippen MR) is 71.8 cm³/mol. The van der Waals surface area contributed by atoms with Crippen LogP contribution in [0.15, 0.2) is 18.2 Å². The Morgan fingerprint density at radius 3 is 2.83 bits per heavy atom. The van der Waals surface area contributed by atoms with Gasteiger partial charge < -0.3 is 9.64 Å². The SMILES string of the molecule is COc1ccc2c(c1)CCC(CC(=O)N(C)C)C2. The number of carbonyl (C=O) groups is 1. The van der Waals surface area contributed by atoms with Gasteiger partial charge in [0.1, 0.15) is 5.75 Å². The average Bonchev–Trinajstić information content (AvgIpc) is 2.37. The molecule has 0 aromatic heterocycles.